The number of aromatic nitrogens is 2. The van der Waals surface area contributed by atoms with Crippen LogP contribution >= 0.6 is 0 Å². The van der Waals surface area contributed by atoms with Gasteiger partial charge in [0.05, 0.1) is 13.2 Å². The van der Waals surface area contributed by atoms with Crippen molar-refractivity contribution in [2.45, 2.75) is 45.3 Å². The summed E-state index contributed by atoms with van der Waals surface area (Å²) < 4.78 is 7.35. The van der Waals surface area contributed by atoms with Crippen LogP contribution in [0.1, 0.15) is 45.4 Å². The van der Waals surface area contributed by atoms with E-state index < -0.39 is 0 Å². The second-order valence-electron chi connectivity index (χ2n) is 8.19. The lowest BCUT2D eigenvalue weighted by Gasteiger charge is -2.32. The van der Waals surface area contributed by atoms with E-state index in [1.165, 1.54) is 22.4 Å². The molecule has 5 rings (SSSR count). The van der Waals surface area contributed by atoms with Crippen molar-refractivity contribution in [3.63, 3.8) is 0 Å². The van der Waals surface area contributed by atoms with Crippen LogP contribution in [0.3, 0.4) is 0 Å². The fourth-order valence-electron chi connectivity index (χ4n) is 4.87. The van der Waals surface area contributed by atoms with Gasteiger partial charge in [0.1, 0.15) is 0 Å². The van der Waals surface area contributed by atoms with E-state index in [2.05, 4.69) is 41.3 Å². The van der Waals surface area contributed by atoms with Crippen molar-refractivity contribution in [1.29, 1.82) is 0 Å². The van der Waals surface area contributed by atoms with Crippen LogP contribution in [0.15, 0.2) is 54.6 Å². The third-order valence-electron chi connectivity index (χ3n) is 6.35. The van der Waals surface area contributed by atoms with Crippen molar-refractivity contribution in [3.05, 3.63) is 88.2 Å². The first-order chi connectivity index (χ1) is 14.7. The number of fused-ring (bicyclic) bond motifs is 2. The molecule has 0 bridgehead atoms. The predicted octanol–water partition coefficient (Wildman–Crippen LogP) is 3.63. The van der Waals surface area contributed by atoms with E-state index >= 15 is 0 Å². The van der Waals surface area contributed by atoms with Crippen molar-refractivity contribution in [2.75, 3.05) is 13.2 Å². The van der Waals surface area contributed by atoms with Crippen molar-refractivity contribution in [1.82, 2.24) is 14.7 Å². The van der Waals surface area contributed by atoms with Crippen LogP contribution in [0.25, 0.3) is 0 Å². The molecule has 2 aromatic carbocycles. The number of carbonyl (C=O) groups excluding carboxylic acids is 1. The Kier molecular flexibility index (Phi) is 5.13. The van der Waals surface area contributed by atoms with Gasteiger partial charge in [0.2, 0.25) is 0 Å². The van der Waals surface area contributed by atoms with Gasteiger partial charge in [0, 0.05) is 36.8 Å². The molecule has 0 N–H and O–H groups in total. The highest BCUT2D eigenvalue weighted by molar-refractivity contribution is 5.89. The molecule has 0 radical (unpaired) electrons. The predicted molar refractivity (Wildman–Crippen MR) is 115 cm³/mol. The van der Waals surface area contributed by atoms with Crippen LogP contribution in [0, 0.1) is 0 Å². The van der Waals surface area contributed by atoms with Gasteiger partial charge >= 0.3 is 5.97 Å². The molecule has 154 valence electrons. The number of hydrogen-bond donors (Lipinski definition) is 0. The van der Waals surface area contributed by atoms with Crippen LogP contribution < -0.4 is 0 Å². The van der Waals surface area contributed by atoms with Gasteiger partial charge < -0.3 is 4.74 Å². The smallest absolute Gasteiger partial charge is 0.359 e. The molecule has 0 saturated heterocycles. The Morgan fingerprint density at radius 1 is 1.07 bits per heavy atom. The van der Waals surface area contributed by atoms with Gasteiger partial charge in [-0.05, 0) is 36.5 Å². The summed E-state index contributed by atoms with van der Waals surface area (Å²) in [7, 11) is 0. The first-order valence-corrected chi connectivity index (χ1v) is 10.8. The number of rotatable bonds is 5. The molecular formula is C25H27N3O2. The Labute approximate surface area is 177 Å². The molecule has 30 heavy (non-hydrogen) atoms. The van der Waals surface area contributed by atoms with Crippen molar-refractivity contribution in [2.24, 2.45) is 0 Å². The maximum Gasteiger partial charge on any atom is 0.359 e. The van der Waals surface area contributed by atoms with Crippen LogP contribution in [0.2, 0.25) is 0 Å². The molecule has 1 aromatic heterocycles. The molecule has 5 nitrogen and oxygen atoms in total. The van der Waals surface area contributed by atoms with Crippen molar-refractivity contribution >= 4 is 5.97 Å². The minimum atomic E-state index is -0.308. The summed E-state index contributed by atoms with van der Waals surface area (Å²) in [4.78, 5) is 15.2. The Balaban J connectivity index is 1.43. The molecule has 0 amide bonds. The fourth-order valence-corrected chi connectivity index (χ4v) is 4.87. The lowest BCUT2D eigenvalue weighted by atomic mass is 10.0. The standard InChI is InChI=1S/C25H27N3O2/c1-2-30-25(29)24-22-17-27(21-14-19-10-6-7-11-20(19)15-21)13-12-23(22)28(26-24)16-18-8-4-3-5-9-18/h3-11,21H,2,12-17H2,1H3. The van der Waals surface area contributed by atoms with E-state index in [-0.39, 0.29) is 5.97 Å². The van der Waals surface area contributed by atoms with Crippen LogP contribution in [-0.4, -0.2) is 39.8 Å². The molecule has 2 heterocycles. The molecule has 1 aliphatic heterocycles. The fraction of sp³-hybridized carbons (Fsp3) is 0.360. The molecule has 0 fully saturated rings. The van der Waals surface area contributed by atoms with Gasteiger partial charge in [-0.1, -0.05) is 54.6 Å². The van der Waals surface area contributed by atoms with E-state index in [9.17, 15) is 4.79 Å². The lowest BCUT2D eigenvalue weighted by molar-refractivity contribution is 0.0515. The third-order valence-corrected chi connectivity index (χ3v) is 6.35. The monoisotopic (exact) mass is 401 g/mol. The largest absolute Gasteiger partial charge is 0.461 e. The van der Waals surface area contributed by atoms with Gasteiger partial charge in [0.15, 0.2) is 5.69 Å². The third kappa shape index (κ3) is 3.54. The quantitative estimate of drug-likeness (QED) is 0.613. The molecule has 0 atom stereocenters. The zero-order valence-corrected chi connectivity index (χ0v) is 17.4. The minimum absolute atomic E-state index is 0.308. The van der Waals surface area contributed by atoms with E-state index in [4.69, 9.17) is 9.84 Å². The number of carbonyl (C=O) groups is 1. The average Bonchev–Trinajstić information content (AvgIpc) is 3.36. The summed E-state index contributed by atoms with van der Waals surface area (Å²) in [5, 5.41) is 4.72. The Morgan fingerprint density at radius 3 is 2.47 bits per heavy atom. The zero-order valence-electron chi connectivity index (χ0n) is 17.4. The molecule has 3 aromatic rings. The maximum atomic E-state index is 12.7. The molecule has 0 saturated carbocycles. The van der Waals surface area contributed by atoms with Gasteiger partial charge in [-0.2, -0.15) is 5.10 Å². The normalized spacial score (nSPS) is 16.3. The molecule has 0 spiro atoms. The Morgan fingerprint density at radius 2 is 1.77 bits per heavy atom. The number of nitrogens with zero attached hydrogens (tertiary/aromatic N) is 3. The SMILES string of the molecule is CCOC(=O)c1nn(Cc2ccccc2)c2c1CN(C1Cc3ccccc3C1)CC2. The summed E-state index contributed by atoms with van der Waals surface area (Å²) in [6, 6.07) is 19.5. The van der Waals surface area contributed by atoms with Gasteiger partial charge in [-0.15, -0.1) is 0 Å². The summed E-state index contributed by atoms with van der Waals surface area (Å²) >= 11 is 0. The highest BCUT2D eigenvalue weighted by atomic mass is 16.5. The summed E-state index contributed by atoms with van der Waals surface area (Å²) in [6.07, 6.45) is 3.07. The molecule has 1 aliphatic carbocycles. The molecule has 2 aliphatic rings. The van der Waals surface area contributed by atoms with E-state index in [1.807, 2.05) is 29.8 Å². The highest BCUT2D eigenvalue weighted by Gasteiger charge is 2.33. The van der Waals surface area contributed by atoms with E-state index in [1.54, 1.807) is 0 Å². The molecule has 5 heteroatoms. The Bertz CT molecular complexity index is 1030. The molecular weight excluding hydrogens is 374 g/mol. The van der Waals surface area contributed by atoms with Crippen molar-refractivity contribution < 1.29 is 9.53 Å². The Hall–Kier alpha value is -2.92. The van der Waals surface area contributed by atoms with Gasteiger partial charge in [0.25, 0.3) is 0 Å². The zero-order chi connectivity index (χ0) is 20.5. The summed E-state index contributed by atoms with van der Waals surface area (Å²) in [5.41, 5.74) is 6.81. The topological polar surface area (TPSA) is 47.4 Å². The highest BCUT2D eigenvalue weighted by Crippen LogP contribution is 2.31. The second kappa shape index (κ2) is 8.07. The van der Waals surface area contributed by atoms with Crippen molar-refractivity contribution in [3.8, 4) is 0 Å². The first kappa shape index (κ1) is 19.1. The minimum Gasteiger partial charge on any atom is -0.461 e. The number of esters is 1. The van der Waals surface area contributed by atoms with Gasteiger partial charge in [-0.3, -0.25) is 9.58 Å². The van der Waals surface area contributed by atoms with Crippen LogP contribution in [0.5, 0.6) is 0 Å². The average molecular weight is 402 g/mol. The van der Waals surface area contributed by atoms with Crippen LogP contribution in [0.4, 0.5) is 0 Å². The van der Waals surface area contributed by atoms with E-state index in [0.717, 1.165) is 37.9 Å². The summed E-state index contributed by atoms with van der Waals surface area (Å²) in [5.74, 6) is -0.308. The number of benzene rings is 2. The maximum absolute atomic E-state index is 12.7. The molecule has 0 unspecified atom stereocenters. The summed E-state index contributed by atoms with van der Waals surface area (Å²) in [6.45, 7) is 4.64. The van der Waals surface area contributed by atoms with E-state index in [0.29, 0.717) is 24.9 Å². The van der Waals surface area contributed by atoms with Crippen LogP contribution in [-0.2, 0) is 37.1 Å². The number of hydrogen-bond acceptors (Lipinski definition) is 4. The first-order valence-electron chi connectivity index (χ1n) is 10.8. The second-order valence-corrected chi connectivity index (χ2v) is 8.19. The van der Waals surface area contributed by atoms with Gasteiger partial charge in [-0.25, -0.2) is 4.79 Å². The number of ether oxygens (including phenoxy) is 1. The lowest BCUT2D eigenvalue weighted by Crippen LogP contribution is -2.40.